The van der Waals surface area contributed by atoms with Crippen molar-refractivity contribution in [3.63, 3.8) is 0 Å². The molecular formula is C23H23BrN2O4. The molecule has 0 aromatic heterocycles. The van der Waals surface area contributed by atoms with Crippen LogP contribution in [0.3, 0.4) is 0 Å². The highest BCUT2D eigenvalue weighted by atomic mass is 79.9. The fourth-order valence-corrected chi connectivity index (χ4v) is 4.37. The predicted molar refractivity (Wildman–Crippen MR) is 115 cm³/mol. The molecule has 2 aromatic carbocycles. The molecule has 30 heavy (non-hydrogen) atoms. The molecule has 0 spiro atoms. The predicted octanol–water partition coefficient (Wildman–Crippen LogP) is 4.47. The van der Waals surface area contributed by atoms with E-state index in [9.17, 15) is 14.4 Å². The summed E-state index contributed by atoms with van der Waals surface area (Å²) in [5.41, 5.74) is 2.36. The number of carbonyl (C=O) groups is 3. The average molecular weight is 471 g/mol. The third kappa shape index (κ3) is 3.74. The second kappa shape index (κ2) is 7.54. The molecule has 0 aliphatic carbocycles. The van der Waals surface area contributed by atoms with Gasteiger partial charge in [-0.05, 0) is 62.1 Å². The summed E-state index contributed by atoms with van der Waals surface area (Å²) < 4.78 is 6.48. The lowest BCUT2D eigenvalue weighted by Gasteiger charge is -2.38. The van der Waals surface area contributed by atoms with Crippen molar-refractivity contribution in [1.29, 1.82) is 0 Å². The van der Waals surface area contributed by atoms with Crippen LogP contribution in [0.1, 0.15) is 53.9 Å². The number of fused-ring (bicyclic) bond motifs is 2. The Hall–Kier alpha value is -2.67. The lowest BCUT2D eigenvalue weighted by atomic mass is 9.92. The molecule has 0 unspecified atom stereocenters. The Morgan fingerprint density at radius 1 is 1.10 bits per heavy atom. The molecule has 2 heterocycles. The summed E-state index contributed by atoms with van der Waals surface area (Å²) in [5, 5.41) is 0. The molecule has 156 valence electrons. The minimum atomic E-state index is -0.907. The van der Waals surface area contributed by atoms with Gasteiger partial charge in [-0.25, -0.2) is 4.79 Å². The number of rotatable bonds is 1. The van der Waals surface area contributed by atoms with Gasteiger partial charge in [0, 0.05) is 16.6 Å². The van der Waals surface area contributed by atoms with Crippen molar-refractivity contribution in [2.24, 2.45) is 0 Å². The molecule has 1 atom stereocenters. The second-order valence-electron chi connectivity index (χ2n) is 8.56. The zero-order valence-corrected chi connectivity index (χ0v) is 18.7. The van der Waals surface area contributed by atoms with Gasteiger partial charge in [0.2, 0.25) is 0 Å². The topological polar surface area (TPSA) is 66.9 Å². The van der Waals surface area contributed by atoms with Gasteiger partial charge in [0.15, 0.2) is 0 Å². The van der Waals surface area contributed by atoms with Gasteiger partial charge < -0.3 is 4.74 Å². The summed E-state index contributed by atoms with van der Waals surface area (Å²) in [4.78, 5) is 42.2. The Labute approximate surface area is 183 Å². The van der Waals surface area contributed by atoms with Gasteiger partial charge in [0.25, 0.3) is 11.8 Å². The summed E-state index contributed by atoms with van der Waals surface area (Å²) in [6.45, 7) is 5.91. The van der Waals surface area contributed by atoms with Crippen LogP contribution in [0.15, 0.2) is 46.9 Å². The minimum Gasteiger partial charge on any atom is -0.444 e. The Morgan fingerprint density at radius 3 is 2.53 bits per heavy atom. The molecule has 0 saturated heterocycles. The average Bonchev–Trinajstić information content (AvgIpc) is 3.02. The number of benzene rings is 2. The van der Waals surface area contributed by atoms with Gasteiger partial charge in [0.1, 0.15) is 11.6 Å². The fourth-order valence-electron chi connectivity index (χ4n) is 3.96. The molecule has 0 bridgehead atoms. The van der Waals surface area contributed by atoms with Crippen molar-refractivity contribution in [2.45, 2.75) is 45.4 Å². The van der Waals surface area contributed by atoms with E-state index in [1.807, 2.05) is 30.3 Å². The molecule has 2 aliphatic rings. The normalized spacial score (nSPS) is 18.1. The molecule has 0 saturated carbocycles. The second-order valence-corrected chi connectivity index (χ2v) is 9.47. The Morgan fingerprint density at radius 2 is 1.83 bits per heavy atom. The van der Waals surface area contributed by atoms with Crippen LogP contribution in [-0.2, 0) is 22.5 Å². The van der Waals surface area contributed by atoms with Crippen LogP contribution in [-0.4, -0.2) is 39.9 Å². The highest BCUT2D eigenvalue weighted by Gasteiger charge is 2.43. The maximum atomic E-state index is 13.7. The van der Waals surface area contributed by atoms with Crippen molar-refractivity contribution in [3.8, 4) is 0 Å². The van der Waals surface area contributed by atoms with Crippen molar-refractivity contribution in [1.82, 2.24) is 9.80 Å². The highest BCUT2D eigenvalue weighted by molar-refractivity contribution is 9.10. The standard InChI is InChI=1S/C23H23BrN2O4/c1-23(2,3)30-22(29)25-11-10-14-12-16(24)8-9-17(14)19(25)21(28)26-13-15-6-4-5-7-18(15)20(26)27/h4-9,12,19H,10-11,13H2,1-3H3/t19-/m0/s1. The van der Waals surface area contributed by atoms with Crippen LogP contribution < -0.4 is 0 Å². The number of hydrogen-bond acceptors (Lipinski definition) is 4. The van der Waals surface area contributed by atoms with Crippen molar-refractivity contribution in [2.75, 3.05) is 6.54 Å². The molecular weight excluding hydrogens is 448 g/mol. The van der Waals surface area contributed by atoms with E-state index in [4.69, 9.17) is 4.74 Å². The number of ether oxygens (including phenoxy) is 1. The first kappa shape index (κ1) is 20.6. The van der Waals surface area contributed by atoms with E-state index in [1.165, 1.54) is 9.80 Å². The van der Waals surface area contributed by atoms with E-state index in [-0.39, 0.29) is 12.5 Å². The third-order valence-electron chi connectivity index (χ3n) is 5.28. The zero-order chi connectivity index (χ0) is 21.6. The van der Waals surface area contributed by atoms with Crippen LogP contribution in [0, 0.1) is 0 Å². The third-order valence-corrected chi connectivity index (χ3v) is 5.78. The van der Waals surface area contributed by atoms with E-state index >= 15 is 0 Å². The lowest BCUT2D eigenvalue weighted by molar-refractivity contribution is -0.135. The summed E-state index contributed by atoms with van der Waals surface area (Å²) in [7, 11) is 0. The van der Waals surface area contributed by atoms with Crippen LogP contribution in [0.2, 0.25) is 0 Å². The van der Waals surface area contributed by atoms with Crippen molar-refractivity contribution < 1.29 is 19.1 Å². The zero-order valence-electron chi connectivity index (χ0n) is 17.1. The Kier molecular flexibility index (Phi) is 5.18. The lowest BCUT2D eigenvalue weighted by Crippen LogP contribution is -2.50. The van der Waals surface area contributed by atoms with Crippen LogP contribution in [0.5, 0.6) is 0 Å². The van der Waals surface area contributed by atoms with Crippen molar-refractivity contribution >= 4 is 33.8 Å². The van der Waals surface area contributed by atoms with Gasteiger partial charge in [-0.3, -0.25) is 19.4 Å². The van der Waals surface area contributed by atoms with Gasteiger partial charge in [-0.1, -0.05) is 40.2 Å². The van der Waals surface area contributed by atoms with E-state index in [0.717, 1.165) is 21.2 Å². The van der Waals surface area contributed by atoms with Gasteiger partial charge >= 0.3 is 6.09 Å². The van der Waals surface area contributed by atoms with E-state index in [0.29, 0.717) is 18.5 Å². The molecule has 2 aromatic rings. The molecule has 6 nitrogen and oxygen atoms in total. The number of amides is 3. The van der Waals surface area contributed by atoms with Gasteiger partial charge in [0.05, 0.1) is 6.54 Å². The molecule has 2 aliphatic heterocycles. The number of carbonyl (C=O) groups excluding carboxylic acids is 3. The summed E-state index contributed by atoms with van der Waals surface area (Å²) in [6.07, 6.45) is 0.0463. The smallest absolute Gasteiger partial charge is 0.411 e. The Balaban J connectivity index is 1.72. The number of nitrogens with zero attached hydrogens (tertiary/aromatic N) is 2. The number of imide groups is 1. The first-order valence-electron chi connectivity index (χ1n) is 9.87. The summed E-state index contributed by atoms with van der Waals surface area (Å²) >= 11 is 3.47. The van der Waals surface area contributed by atoms with E-state index < -0.39 is 23.6 Å². The summed E-state index contributed by atoms with van der Waals surface area (Å²) in [5.74, 6) is -0.741. The minimum absolute atomic E-state index is 0.207. The first-order chi connectivity index (χ1) is 14.2. The van der Waals surface area contributed by atoms with Crippen LogP contribution in [0.25, 0.3) is 0 Å². The maximum Gasteiger partial charge on any atom is 0.411 e. The van der Waals surface area contributed by atoms with Crippen LogP contribution in [0.4, 0.5) is 4.79 Å². The monoisotopic (exact) mass is 470 g/mol. The van der Waals surface area contributed by atoms with Gasteiger partial charge in [-0.2, -0.15) is 0 Å². The van der Waals surface area contributed by atoms with Gasteiger partial charge in [-0.15, -0.1) is 0 Å². The first-order valence-corrected chi connectivity index (χ1v) is 10.7. The largest absolute Gasteiger partial charge is 0.444 e. The van der Waals surface area contributed by atoms with Crippen LogP contribution >= 0.6 is 15.9 Å². The molecule has 4 rings (SSSR count). The Bertz CT molecular complexity index is 1040. The summed E-state index contributed by atoms with van der Waals surface area (Å²) in [6, 6.07) is 11.9. The number of hydrogen-bond donors (Lipinski definition) is 0. The molecule has 0 radical (unpaired) electrons. The maximum absolute atomic E-state index is 13.7. The van der Waals surface area contributed by atoms with E-state index in [1.54, 1.807) is 32.9 Å². The molecule has 3 amide bonds. The SMILES string of the molecule is CC(C)(C)OC(=O)N1CCc2cc(Br)ccc2[C@H]1C(=O)N1Cc2ccccc2C1=O. The number of halogens is 1. The molecule has 0 fully saturated rings. The fraction of sp³-hybridized carbons (Fsp3) is 0.348. The quantitative estimate of drug-likeness (QED) is 0.576. The highest BCUT2D eigenvalue weighted by Crippen LogP contribution is 2.36. The molecule has 7 heteroatoms. The van der Waals surface area contributed by atoms with Crippen molar-refractivity contribution in [3.05, 3.63) is 69.2 Å². The van der Waals surface area contributed by atoms with E-state index in [2.05, 4.69) is 15.9 Å². The molecule has 0 N–H and O–H groups in total.